The normalized spacial score (nSPS) is 10.5. The standard InChI is InChI=1S/C19H17ClFN5O3/c1-11-9-12(2)26(25-11)16-8-7-13(20)18(22-16)19(28)24-23-17(27)10-29-15-6-4-3-5-14(15)21/h3-9H,10H2,1-2H3,(H,23,27)(H,24,28). The minimum atomic E-state index is -0.724. The van der Waals surface area contributed by atoms with Crippen LogP contribution in [0.5, 0.6) is 5.75 Å². The van der Waals surface area contributed by atoms with Crippen molar-refractivity contribution in [1.29, 1.82) is 0 Å². The lowest BCUT2D eigenvalue weighted by molar-refractivity contribution is -0.123. The summed E-state index contributed by atoms with van der Waals surface area (Å²) in [6.07, 6.45) is 0. The third kappa shape index (κ3) is 4.88. The molecule has 29 heavy (non-hydrogen) atoms. The van der Waals surface area contributed by atoms with Crippen LogP contribution >= 0.6 is 11.6 Å². The second kappa shape index (κ2) is 8.70. The highest BCUT2D eigenvalue weighted by Gasteiger charge is 2.16. The van der Waals surface area contributed by atoms with Crippen molar-refractivity contribution in [2.24, 2.45) is 0 Å². The van der Waals surface area contributed by atoms with Crippen LogP contribution in [-0.2, 0) is 4.79 Å². The van der Waals surface area contributed by atoms with Crippen LogP contribution < -0.4 is 15.6 Å². The number of nitrogens with zero attached hydrogens (tertiary/aromatic N) is 3. The van der Waals surface area contributed by atoms with Gasteiger partial charge in [-0.25, -0.2) is 14.1 Å². The molecule has 150 valence electrons. The molecule has 2 N–H and O–H groups in total. The molecule has 1 aromatic carbocycles. The number of aromatic nitrogens is 3. The molecule has 0 fully saturated rings. The zero-order valence-corrected chi connectivity index (χ0v) is 16.3. The predicted octanol–water partition coefficient (Wildman–Crippen LogP) is 2.52. The Labute approximate surface area is 170 Å². The van der Waals surface area contributed by atoms with Crippen molar-refractivity contribution < 1.29 is 18.7 Å². The molecule has 0 unspecified atom stereocenters. The highest BCUT2D eigenvalue weighted by atomic mass is 35.5. The summed E-state index contributed by atoms with van der Waals surface area (Å²) in [6, 6.07) is 10.7. The van der Waals surface area contributed by atoms with Crippen LogP contribution in [0, 0.1) is 19.7 Å². The monoisotopic (exact) mass is 417 g/mol. The summed E-state index contributed by atoms with van der Waals surface area (Å²) in [7, 11) is 0. The van der Waals surface area contributed by atoms with E-state index in [1.54, 1.807) is 16.8 Å². The number of benzene rings is 1. The maximum atomic E-state index is 13.5. The highest BCUT2D eigenvalue weighted by Crippen LogP contribution is 2.18. The largest absolute Gasteiger partial charge is 0.481 e. The van der Waals surface area contributed by atoms with Gasteiger partial charge in [-0.2, -0.15) is 5.10 Å². The molecule has 0 aliphatic carbocycles. The number of aryl methyl sites for hydroxylation is 2. The quantitative estimate of drug-likeness (QED) is 0.621. The summed E-state index contributed by atoms with van der Waals surface area (Å²) in [4.78, 5) is 28.4. The Morgan fingerprint density at radius 2 is 1.93 bits per heavy atom. The second-order valence-corrected chi connectivity index (χ2v) is 6.47. The lowest BCUT2D eigenvalue weighted by Crippen LogP contribution is -2.44. The van der Waals surface area contributed by atoms with Gasteiger partial charge in [0.25, 0.3) is 11.8 Å². The van der Waals surface area contributed by atoms with Crippen LogP contribution in [0.25, 0.3) is 5.82 Å². The number of rotatable bonds is 5. The summed E-state index contributed by atoms with van der Waals surface area (Å²) in [5, 5.41) is 4.41. The molecule has 0 saturated heterocycles. The average molecular weight is 418 g/mol. The molecule has 3 rings (SSSR count). The van der Waals surface area contributed by atoms with E-state index in [0.717, 1.165) is 11.4 Å². The van der Waals surface area contributed by atoms with Crippen LogP contribution in [0.2, 0.25) is 5.02 Å². The first-order valence-electron chi connectivity index (χ1n) is 8.52. The van der Waals surface area contributed by atoms with Crippen molar-refractivity contribution in [3.63, 3.8) is 0 Å². The van der Waals surface area contributed by atoms with Crippen LogP contribution in [0.15, 0.2) is 42.5 Å². The molecule has 2 heterocycles. The maximum Gasteiger partial charge on any atom is 0.289 e. The number of ether oxygens (including phenoxy) is 1. The molecule has 0 atom stereocenters. The number of halogens is 2. The third-order valence-electron chi connectivity index (χ3n) is 3.78. The number of nitrogens with one attached hydrogen (secondary N) is 2. The van der Waals surface area contributed by atoms with E-state index in [9.17, 15) is 14.0 Å². The Balaban J connectivity index is 1.63. The SMILES string of the molecule is Cc1cc(C)n(-c2ccc(Cl)c(C(=O)NNC(=O)COc3ccccc3F)n2)n1. The molecule has 0 spiro atoms. The number of hydrogen-bond acceptors (Lipinski definition) is 5. The lowest BCUT2D eigenvalue weighted by Gasteiger charge is -2.11. The molecule has 10 heteroatoms. The van der Waals surface area contributed by atoms with E-state index in [1.165, 1.54) is 24.3 Å². The summed E-state index contributed by atoms with van der Waals surface area (Å²) >= 11 is 6.07. The number of para-hydroxylation sites is 1. The van der Waals surface area contributed by atoms with E-state index in [0.29, 0.717) is 5.82 Å². The average Bonchev–Trinajstić information content (AvgIpc) is 3.04. The topological polar surface area (TPSA) is 98.1 Å². The molecule has 8 nitrogen and oxygen atoms in total. The van der Waals surface area contributed by atoms with Crippen molar-refractivity contribution in [3.8, 4) is 11.6 Å². The number of amides is 2. The van der Waals surface area contributed by atoms with Gasteiger partial charge in [0.2, 0.25) is 0 Å². The van der Waals surface area contributed by atoms with Crippen molar-refractivity contribution >= 4 is 23.4 Å². The fourth-order valence-corrected chi connectivity index (χ4v) is 2.69. The van der Waals surface area contributed by atoms with Gasteiger partial charge in [-0.15, -0.1) is 0 Å². The number of carbonyl (C=O) groups excluding carboxylic acids is 2. The van der Waals surface area contributed by atoms with Crippen LogP contribution in [0.1, 0.15) is 21.9 Å². The Bertz CT molecular complexity index is 1070. The van der Waals surface area contributed by atoms with E-state index < -0.39 is 24.2 Å². The smallest absolute Gasteiger partial charge is 0.289 e. The number of hydrogen-bond donors (Lipinski definition) is 2. The van der Waals surface area contributed by atoms with Gasteiger partial charge in [0.1, 0.15) is 0 Å². The van der Waals surface area contributed by atoms with E-state index in [-0.39, 0.29) is 16.5 Å². The number of carbonyl (C=O) groups is 2. The Morgan fingerprint density at radius 3 is 2.62 bits per heavy atom. The van der Waals surface area contributed by atoms with Crippen LogP contribution in [0.3, 0.4) is 0 Å². The van der Waals surface area contributed by atoms with Gasteiger partial charge in [0.05, 0.1) is 10.7 Å². The summed E-state index contributed by atoms with van der Waals surface area (Å²) in [5.41, 5.74) is 5.91. The van der Waals surface area contributed by atoms with E-state index in [2.05, 4.69) is 20.9 Å². The molecule has 0 aliphatic heterocycles. The Kier molecular flexibility index (Phi) is 6.08. The van der Waals surface area contributed by atoms with Gasteiger partial charge in [-0.1, -0.05) is 23.7 Å². The minimum Gasteiger partial charge on any atom is -0.481 e. The van der Waals surface area contributed by atoms with Gasteiger partial charge < -0.3 is 4.74 Å². The molecule has 3 aromatic rings. The molecule has 2 aromatic heterocycles. The van der Waals surface area contributed by atoms with E-state index in [1.807, 2.05) is 19.9 Å². The van der Waals surface area contributed by atoms with Gasteiger partial charge >= 0.3 is 0 Å². The highest BCUT2D eigenvalue weighted by molar-refractivity contribution is 6.33. The van der Waals surface area contributed by atoms with Crippen LogP contribution in [0.4, 0.5) is 4.39 Å². The summed E-state index contributed by atoms with van der Waals surface area (Å²) in [6.45, 7) is 3.20. The van der Waals surface area contributed by atoms with Crippen molar-refractivity contribution in [2.75, 3.05) is 6.61 Å². The Hall–Kier alpha value is -3.46. The van der Waals surface area contributed by atoms with Crippen LogP contribution in [-0.4, -0.2) is 33.2 Å². The first-order valence-corrected chi connectivity index (χ1v) is 8.89. The molecule has 0 bridgehead atoms. The van der Waals surface area contributed by atoms with Gasteiger partial charge in [-0.05, 0) is 44.2 Å². The third-order valence-corrected chi connectivity index (χ3v) is 4.09. The zero-order chi connectivity index (χ0) is 21.0. The zero-order valence-electron chi connectivity index (χ0n) is 15.6. The molecular formula is C19H17ClFN5O3. The molecule has 0 radical (unpaired) electrons. The van der Waals surface area contributed by atoms with E-state index in [4.69, 9.17) is 16.3 Å². The Morgan fingerprint density at radius 1 is 1.17 bits per heavy atom. The van der Waals surface area contributed by atoms with Gasteiger partial charge in [0.15, 0.2) is 29.7 Å². The van der Waals surface area contributed by atoms with Gasteiger partial charge in [0, 0.05) is 5.69 Å². The van der Waals surface area contributed by atoms with E-state index >= 15 is 0 Å². The minimum absolute atomic E-state index is 0.0729. The molecule has 2 amide bonds. The first kappa shape index (κ1) is 20.3. The van der Waals surface area contributed by atoms with Crippen molar-refractivity contribution in [1.82, 2.24) is 25.6 Å². The second-order valence-electron chi connectivity index (χ2n) is 6.06. The first-order chi connectivity index (χ1) is 13.8. The fourth-order valence-electron chi connectivity index (χ4n) is 2.50. The van der Waals surface area contributed by atoms with Crippen molar-refractivity contribution in [2.45, 2.75) is 13.8 Å². The number of pyridine rings is 1. The lowest BCUT2D eigenvalue weighted by atomic mass is 10.3. The van der Waals surface area contributed by atoms with Gasteiger partial charge in [-0.3, -0.25) is 20.4 Å². The summed E-state index contributed by atoms with van der Waals surface area (Å²) in [5.74, 6) is -1.68. The molecule has 0 saturated carbocycles. The molecular weight excluding hydrogens is 401 g/mol. The molecule has 0 aliphatic rings. The fraction of sp³-hybridized carbons (Fsp3) is 0.158. The summed E-state index contributed by atoms with van der Waals surface area (Å²) < 4.78 is 20.1. The maximum absolute atomic E-state index is 13.5. The number of hydrazine groups is 1. The predicted molar refractivity (Wildman–Crippen MR) is 103 cm³/mol. The van der Waals surface area contributed by atoms with Crippen molar-refractivity contribution in [3.05, 3.63) is 70.4 Å².